The third-order valence-corrected chi connectivity index (χ3v) is 9.34. The van der Waals surface area contributed by atoms with Crippen LogP contribution in [-0.4, -0.2) is 62.6 Å². The molecule has 1 aliphatic heterocycles. The van der Waals surface area contributed by atoms with Crippen LogP contribution in [0.1, 0.15) is 37.9 Å². The van der Waals surface area contributed by atoms with Gasteiger partial charge in [-0.3, -0.25) is 4.79 Å². The van der Waals surface area contributed by atoms with Crippen molar-refractivity contribution in [3.8, 4) is 11.5 Å². The number of nitrogen functional groups attached to an aromatic ring is 1. The summed E-state index contributed by atoms with van der Waals surface area (Å²) in [4.78, 5) is 18.3. The molecule has 1 aromatic heterocycles. The molecule has 1 atom stereocenters. The van der Waals surface area contributed by atoms with Crippen molar-refractivity contribution in [1.82, 2.24) is 14.6 Å². The zero-order chi connectivity index (χ0) is 32.0. The standard InChI is InChI=1S/C33H39N5O6S/c1-4-43-29-20-24(9-12-28(29)44-22(2)3)31(37-26-10-11-27-23(19-26)13-14-35-32(27)34)33(39)36-21-25-7-5-6-8-30(25)45(40,41)38-15-17-42-18-16-38/h5-14,19-20,22,31,37H,4,15-18,21H2,1-3H3,(H2,34,35)(H,36,39). The maximum absolute atomic E-state index is 14.0. The number of nitrogens with one attached hydrogen (secondary N) is 2. The lowest BCUT2D eigenvalue weighted by Gasteiger charge is -2.27. The number of anilines is 2. The molecule has 2 heterocycles. The molecular weight excluding hydrogens is 594 g/mol. The fraction of sp³-hybridized carbons (Fsp3) is 0.333. The van der Waals surface area contributed by atoms with Gasteiger partial charge in [0.05, 0.1) is 30.8 Å². The Morgan fingerprint density at radius 3 is 2.58 bits per heavy atom. The number of aromatic nitrogens is 1. The monoisotopic (exact) mass is 633 g/mol. The molecule has 1 aliphatic rings. The van der Waals surface area contributed by atoms with E-state index >= 15 is 0 Å². The number of pyridine rings is 1. The lowest BCUT2D eigenvalue weighted by molar-refractivity contribution is -0.122. The molecule has 1 amide bonds. The molecule has 0 bridgehead atoms. The Bertz CT molecular complexity index is 1760. The third kappa shape index (κ3) is 7.47. The highest BCUT2D eigenvalue weighted by Gasteiger charge is 2.29. The maximum Gasteiger partial charge on any atom is 0.247 e. The van der Waals surface area contributed by atoms with E-state index in [0.29, 0.717) is 54.0 Å². The van der Waals surface area contributed by atoms with Gasteiger partial charge in [0.25, 0.3) is 0 Å². The highest BCUT2D eigenvalue weighted by atomic mass is 32.2. The highest BCUT2D eigenvalue weighted by molar-refractivity contribution is 7.89. The molecule has 3 aromatic carbocycles. The number of nitrogens with two attached hydrogens (primary N) is 1. The minimum atomic E-state index is -3.77. The van der Waals surface area contributed by atoms with Gasteiger partial charge in [-0.15, -0.1) is 0 Å². The smallest absolute Gasteiger partial charge is 0.247 e. The molecule has 4 aromatic rings. The first-order valence-corrected chi connectivity index (χ1v) is 16.4. The largest absolute Gasteiger partial charge is 0.490 e. The number of hydrogen-bond acceptors (Lipinski definition) is 9. The molecule has 1 fully saturated rings. The first-order valence-electron chi connectivity index (χ1n) is 14.9. The first kappa shape index (κ1) is 32.0. The van der Waals surface area contributed by atoms with Gasteiger partial charge >= 0.3 is 0 Å². The number of hydrogen-bond donors (Lipinski definition) is 3. The van der Waals surface area contributed by atoms with Gasteiger partial charge in [0.15, 0.2) is 11.5 Å². The summed E-state index contributed by atoms with van der Waals surface area (Å²) in [5.74, 6) is 1.15. The molecule has 12 heteroatoms. The van der Waals surface area contributed by atoms with E-state index in [1.165, 1.54) is 4.31 Å². The van der Waals surface area contributed by atoms with Crippen LogP contribution >= 0.6 is 0 Å². The number of fused-ring (bicyclic) bond motifs is 1. The van der Waals surface area contributed by atoms with E-state index in [1.807, 2.05) is 51.1 Å². The lowest BCUT2D eigenvalue weighted by atomic mass is 10.0. The predicted molar refractivity (Wildman–Crippen MR) is 174 cm³/mol. The summed E-state index contributed by atoms with van der Waals surface area (Å²) in [6.07, 6.45) is 1.57. The molecule has 0 radical (unpaired) electrons. The third-order valence-electron chi connectivity index (χ3n) is 7.35. The van der Waals surface area contributed by atoms with Crippen LogP contribution in [0.5, 0.6) is 11.5 Å². The average molecular weight is 634 g/mol. The maximum atomic E-state index is 14.0. The summed E-state index contributed by atoms with van der Waals surface area (Å²) in [6.45, 7) is 7.40. The van der Waals surface area contributed by atoms with Crippen molar-refractivity contribution in [2.75, 3.05) is 44.0 Å². The second-order valence-electron chi connectivity index (χ2n) is 10.9. The molecule has 1 unspecified atom stereocenters. The second kappa shape index (κ2) is 14.1. The normalized spacial score (nSPS) is 14.7. The van der Waals surface area contributed by atoms with Gasteiger partial charge < -0.3 is 30.6 Å². The average Bonchev–Trinajstić information content (AvgIpc) is 3.04. The van der Waals surface area contributed by atoms with Gasteiger partial charge in [-0.2, -0.15) is 4.31 Å². The Hall–Kier alpha value is -4.39. The number of rotatable bonds is 12. The topological polar surface area (TPSA) is 145 Å². The molecular formula is C33H39N5O6S. The Morgan fingerprint density at radius 1 is 1.04 bits per heavy atom. The van der Waals surface area contributed by atoms with Crippen LogP contribution in [0, 0.1) is 0 Å². The number of sulfonamides is 1. The van der Waals surface area contributed by atoms with E-state index in [0.717, 1.165) is 10.8 Å². The van der Waals surface area contributed by atoms with Crippen LogP contribution in [0.2, 0.25) is 0 Å². The molecule has 4 N–H and O–H groups in total. The number of ether oxygens (including phenoxy) is 3. The van der Waals surface area contributed by atoms with Crippen LogP contribution < -0.4 is 25.8 Å². The summed E-state index contributed by atoms with van der Waals surface area (Å²) >= 11 is 0. The van der Waals surface area contributed by atoms with Gasteiger partial charge in [-0.1, -0.05) is 24.3 Å². The fourth-order valence-electron chi connectivity index (χ4n) is 5.19. The molecule has 0 saturated carbocycles. The van der Waals surface area contributed by atoms with Gasteiger partial charge in [-0.05, 0) is 79.7 Å². The molecule has 45 heavy (non-hydrogen) atoms. The second-order valence-corrected chi connectivity index (χ2v) is 12.8. The number of morpholine rings is 1. The minimum absolute atomic E-state index is 0.00351. The van der Waals surface area contributed by atoms with Crippen molar-refractivity contribution in [3.05, 3.63) is 84.1 Å². The molecule has 5 rings (SSSR count). The summed E-state index contributed by atoms with van der Waals surface area (Å²) in [6, 6.07) is 18.7. The van der Waals surface area contributed by atoms with E-state index in [9.17, 15) is 13.2 Å². The van der Waals surface area contributed by atoms with Crippen molar-refractivity contribution < 1.29 is 27.4 Å². The van der Waals surface area contributed by atoms with Gasteiger partial charge in [0.2, 0.25) is 15.9 Å². The van der Waals surface area contributed by atoms with E-state index in [-0.39, 0.29) is 36.5 Å². The van der Waals surface area contributed by atoms with Crippen LogP contribution in [0.3, 0.4) is 0 Å². The van der Waals surface area contributed by atoms with Crippen molar-refractivity contribution in [2.45, 2.75) is 44.4 Å². The molecule has 0 spiro atoms. The highest BCUT2D eigenvalue weighted by Crippen LogP contribution is 2.34. The predicted octanol–water partition coefficient (Wildman–Crippen LogP) is 4.49. The van der Waals surface area contributed by atoms with Crippen molar-refractivity contribution in [2.24, 2.45) is 0 Å². The summed E-state index contributed by atoms with van der Waals surface area (Å²) in [5.41, 5.74) is 7.86. The van der Waals surface area contributed by atoms with Crippen molar-refractivity contribution in [3.63, 3.8) is 0 Å². The Kier molecular flexibility index (Phi) is 10.1. The zero-order valence-electron chi connectivity index (χ0n) is 25.7. The Balaban J connectivity index is 1.46. The molecule has 1 saturated heterocycles. The van der Waals surface area contributed by atoms with Crippen LogP contribution in [0.25, 0.3) is 10.8 Å². The van der Waals surface area contributed by atoms with E-state index in [1.54, 1.807) is 42.6 Å². The van der Waals surface area contributed by atoms with Crippen LogP contribution in [-0.2, 0) is 26.1 Å². The molecule has 11 nitrogen and oxygen atoms in total. The summed E-state index contributed by atoms with van der Waals surface area (Å²) in [7, 11) is -3.77. The zero-order valence-corrected chi connectivity index (χ0v) is 26.5. The van der Waals surface area contributed by atoms with E-state index in [2.05, 4.69) is 15.6 Å². The van der Waals surface area contributed by atoms with Crippen molar-refractivity contribution in [1.29, 1.82) is 0 Å². The number of nitrogens with zero attached hydrogens (tertiary/aromatic N) is 2. The van der Waals surface area contributed by atoms with Crippen LogP contribution in [0.4, 0.5) is 11.5 Å². The Morgan fingerprint density at radius 2 is 1.82 bits per heavy atom. The van der Waals surface area contributed by atoms with E-state index in [4.69, 9.17) is 19.9 Å². The SMILES string of the molecule is CCOc1cc(C(Nc2ccc3c(N)nccc3c2)C(=O)NCc2ccccc2S(=O)(=O)N2CCOCC2)ccc1OC(C)C. The minimum Gasteiger partial charge on any atom is -0.490 e. The van der Waals surface area contributed by atoms with Gasteiger partial charge in [0, 0.05) is 36.9 Å². The number of benzene rings is 3. The molecule has 0 aliphatic carbocycles. The number of amides is 1. The lowest BCUT2D eigenvalue weighted by Crippen LogP contribution is -2.41. The molecule has 238 valence electrons. The Labute approximate surface area is 263 Å². The first-order chi connectivity index (χ1) is 21.7. The summed E-state index contributed by atoms with van der Waals surface area (Å²) < 4.78 is 45.6. The fourth-order valence-corrected chi connectivity index (χ4v) is 6.82. The van der Waals surface area contributed by atoms with Crippen molar-refractivity contribution >= 4 is 38.2 Å². The van der Waals surface area contributed by atoms with Crippen LogP contribution in [0.15, 0.2) is 77.8 Å². The quantitative estimate of drug-likeness (QED) is 0.205. The number of carbonyl (C=O) groups is 1. The van der Waals surface area contributed by atoms with Gasteiger partial charge in [0.1, 0.15) is 11.9 Å². The summed E-state index contributed by atoms with van der Waals surface area (Å²) in [5, 5.41) is 7.99. The number of carbonyl (C=O) groups excluding carboxylic acids is 1. The van der Waals surface area contributed by atoms with Gasteiger partial charge in [-0.25, -0.2) is 13.4 Å². The van der Waals surface area contributed by atoms with E-state index < -0.39 is 16.1 Å².